The molecular formula is C20H25ClN2O3. The number of amides is 1. The van der Waals surface area contributed by atoms with Crippen molar-refractivity contribution in [3.63, 3.8) is 0 Å². The first-order valence-corrected chi connectivity index (χ1v) is 8.49. The molecule has 0 saturated heterocycles. The van der Waals surface area contributed by atoms with E-state index in [1.54, 1.807) is 0 Å². The molecule has 6 heteroatoms. The summed E-state index contributed by atoms with van der Waals surface area (Å²) in [5.74, 6) is 1.49. The zero-order valence-electron chi connectivity index (χ0n) is 15.0. The van der Waals surface area contributed by atoms with Gasteiger partial charge in [-0.3, -0.25) is 4.79 Å². The highest BCUT2D eigenvalue weighted by molar-refractivity contribution is 5.85. The van der Waals surface area contributed by atoms with Crippen LogP contribution in [0.25, 0.3) is 0 Å². The Hall–Kier alpha value is -2.40. The third-order valence-corrected chi connectivity index (χ3v) is 4.17. The Balaban J connectivity index is 0.00000243. The molecule has 26 heavy (non-hydrogen) atoms. The van der Waals surface area contributed by atoms with Gasteiger partial charge in [-0.2, -0.15) is 0 Å². The molecule has 3 N–H and O–H groups in total. The van der Waals surface area contributed by atoms with Gasteiger partial charge in [0, 0.05) is 17.7 Å². The van der Waals surface area contributed by atoms with E-state index in [0.29, 0.717) is 25.1 Å². The fourth-order valence-electron chi connectivity index (χ4n) is 3.05. The molecule has 0 fully saturated rings. The van der Waals surface area contributed by atoms with E-state index in [1.165, 1.54) is 0 Å². The highest BCUT2D eigenvalue weighted by atomic mass is 35.5. The Kier molecular flexibility index (Phi) is 6.37. The summed E-state index contributed by atoms with van der Waals surface area (Å²) in [6, 6.07) is 14.9. The van der Waals surface area contributed by atoms with Gasteiger partial charge in [0.1, 0.15) is 17.1 Å². The summed E-state index contributed by atoms with van der Waals surface area (Å²) in [7, 11) is 0. The van der Waals surface area contributed by atoms with Crippen molar-refractivity contribution in [2.45, 2.75) is 38.3 Å². The van der Waals surface area contributed by atoms with E-state index >= 15 is 0 Å². The summed E-state index contributed by atoms with van der Waals surface area (Å²) in [5, 5.41) is 3.09. The molecule has 2 aromatic carbocycles. The highest BCUT2D eigenvalue weighted by Crippen LogP contribution is 2.40. The second-order valence-electron chi connectivity index (χ2n) is 6.89. The number of fused-ring (bicyclic) bond motifs is 1. The number of anilines is 1. The third-order valence-electron chi connectivity index (χ3n) is 4.17. The molecular weight excluding hydrogens is 352 g/mol. The molecule has 1 atom stereocenters. The maximum absolute atomic E-state index is 12.3. The molecule has 0 spiro atoms. The monoisotopic (exact) mass is 376 g/mol. The minimum absolute atomic E-state index is 0. The molecule has 1 aliphatic heterocycles. The van der Waals surface area contributed by atoms with Gasteiger partial charge in [0.2, 0.25) is 5.91 Å². The molecule has 1 heterocycles. The van der Waals surface area contributed by atoms with Gasteiger partial charge >= 0.3 is 0 Å². The van der Waals surface area contributed by atoms with Gasteiger partial charge < -0.3 is 20.5 Å². The van der Waals surface area contributed by atoms with E-state index in [4.69, 9.17) is 15.2 Å². The van der Waals surface area contributed by atoms with Gasteiger partial charge in [0.25, 0.3) is 0 Å². The minimum atomic E-state index is -0.346. The van der Waals surface area contributed by atoms with Crippen molar-refractivity contribution in [1.29, 1.82) is 0 Å². The first-order chi connectivity index (χ1) is 11.9. The SMILES string of the molecule is CC1(C)CC(NC(=O)CCOc2ccccc2)c2cc(N)ccc2O1.Cl. The second kappa shape index (κ2) is 8.32. The molecule has 0 bridgehead atoms. The van der Waals surface area contributed by atoms with Crippen LogP contribution in [0.2, 0.25) is 0 Å². The number of nitrogens with two attached hydrogens (primary N) is 1. The van der Waals surface area contributed by atoms with Crippen molar-refractivity contribution in [2.24, 2.45) is 0 Å². The van der Waals surface area contributed by atoms with Crippen molar-refractivity contribution < 1.29 is 14.3 Å². The van der Waals surface area contributed by atoms with Crippen LogP contribution in [0, 0.1) is 0 Å². The van der Waals surface area contributed by atoms with E-state index in [0.717, 1.165) is 17.1 Å². The molecule has 1 amide bonds. The average molecular weight is 377 g/mol. The average Bonchev–Trinajstić information content (AvgIpc) is 2.56. The lowest BCUT2D eigenvalue weighted by Gasteiger charge is -2.38. The maximum Gasteiger partial charge on any atom is 0.223 e. The first kappa shape index (κ1) is 19.9. The Morgan fingerprint density at radius 3 is 2.73 bits per heavy atom. The predicted octanol–water partition coefficient (Wildman–Crippen LogP) is 3.88. The number of benzene rings is 2. The molecule has 5 nitrogen and oxygen atoms in total. The van der Waals surface area contributed by atoms with Crippen LogP contribution in [0.15, 0.2) is 48.5 Å². The van der Waals surface area contributed by atoms with Crippen LogP contribution in [0.4, 0.5) is 5.69 Å². The number of nitrogens with one attached hydrogen (secondary N) is 1. The van der Waals surface area contributed by atoms with Crippen LogP contribution in [-0.4, -0.2) is 18.1 Å². The molecule has 3 rings (SSSR count). The van der Waals surface area contributed by atoms with Crippen LogP contribution in [0.1, 0.15) is 38.3 Å². The molecule has 0 aliphatic carbocycles. The van der Waals surface area contributed by atoms with E-state index in [2.05, 4.69) is 5.32 Å². The van der Waals surface area contributed by atoms with E-state index in [9.17, 15) is 4.79 Å². The number of para-hydroxylation sites is 1. The number of hydrogen-bond acceptors (Lipinski definition) is 4. The quantitative estimate of drug-likeness (QED) is 0.776. The highest BCUT2D eigenvalue weighted by Gasteiger charge is 2.34. The normalized spacial score (nSPS) is 17.2. The second-order valence-corrected chi connectivity index (χ2v) is 6.89. The van der Waals surface area contributed by atoms with Gasteiger partial charge in [-0.25, -0.2) is 0 Å². The maximum atomic E-state index is 12.3. The fraction of sp³-hybridized carbons (Fsp3) is 0.350. The summed E-state index contributed by atoms with van der Waals surface area (Å²) >= 11 is 0. The number of carbonyl (C=O) groups is 1. The van der Waals surface area contributed by atoms with Crippen molar-refractivity contribution in [2.75, 3.05) is 12.3 Å². The van der Waals surface area contributed by atoms with Crippen molar-refractivity contribution >= 4 is 24.0 Å². The third kappa shape index (κ3) is 5.05. The fourth-order valence-corrected chi connectivity index (χ4v) is 3.05. The minimum Gasteiger partial charge on any atom is -0.493 e. The van der Waals surface area contributed by atoms with Crippen LogP contribution >= 0.6 is 12.4 Å². The molecule has 1 aliphatic rings. The standard InChI is InChI=1S/C20H24N2O3.ClH/c1-20(2)13-17(16-12-14(21)8-9-18(16)25-20)22-19(23)10-11-24-15-6-4-3-5-7-15;/h3-9,12,17H,10-11,13,21H2,1-2H3,(H,22,23);1H. The Labute approximate surface area is 160 Å². The lowest BCUT2D eigenvalue weighted by Crippen LogP contribution is -2.41. The summed E-state index contributed by atoms with van der Waals surface area (Å²) in [6.45, 7) is 4.38. The molecule has 2 aromatic rings. The number of carbonyl (C=O) groups excluding carboxylic acids is 1. The summed E-state index contributed by atoms with van der Waals surface area (Å²) in [6.07, 6.45) is 0.985. The summed E-state index contributed by atoms with van der Waals surface area (Å²) in [5.41, 5.74) is 7.14. The number of rotatable bonds is 5. The van der Waals surface area contributed by atoms with Crippen LogP contribution in [-0.2, 0) is 4.79 Å². The van der Waals surface area contributed by atoms with Gasteiger partial charge in [0.15, 0.2) is 0 Å². The van der Waals surface area contributed by atoms with Gasteiger partial charge in [-0.1, -0.05) is 18.2 Å². The topological polar surface area (TPSA) is 73.6 Å². The zero-order chi connectivity index (χ0) is 17.9. The first-order valence-electron chi connectivity index (χ1n) is 8.49. The lowest BCUT2D eigenvalue weighted by atomic mass is 9.89. The Morgan fingerprint density at radius 2 is 2.00 bits per heavy atom. The summed E-state index contributed by atoms with van der Waals surface area (Å²) in [4.78, 5) is 12.3. The predicted molar refractivity (Wildman–Crippen MR) is 105 cm³/mol. The van der Waals surface area contributed by atoms with Crippen molar-refractivity contribution in [3.05, 3.63) is 54.1 Å². The molecule has 140 valence electrons. The van der Waals surface area contributed by atoms with E-state index < -0.39 is 0 Å². The zero-order valence-corrected chi connectivity index (χ0v) is 15.8. The summed E-state index contributed by atoms with van der Waals surface area (Å²) < 4.78 is 11.6. The van der Waals surface area contributed by atoms with Crippen molar-refractivity contribution in [3.8, 4) is 11.5 Å². The van der Waals surface area contributed by atoms with Crippen LogP contribution in [0.3, 0.4) is 0 Å². The van der Waals surface area contributed by atoms with E-state index in [-0.39, 0.29) is 30.0 Å². The lowest BCUT2D eigenvalue weighted by molar-refractivity contribution is -0.122. The van der Waals surface area contributed by atoms with Gasteiger partial charge in [-0.15, -0.1) is 12.4 Å². The molecule has 0 radical (unpaired) electrons. The number of nitrogen functional groups attached to an aromatic ring is 1. The van der Waals surface area contributed by atoms with Crippen LogP contribution < -0.4 is 20.5 Å². The van der Waals surface area contributed by atoms with Crippen LogP contribution in [0.5, 0.6) is 11.5 Å². The number of hydrogen-bond donors (Lipinski definition) is 2. The Bertz CT molecular complexity index is 750. The number of ether oxygens (including phenoxy) is 2. The molecule has 1 unspecified atom stereocenters. The number of halogens is 1. The Morgan fingerprint density at radius 1 is 1.27 bits per heavy atom. The smallest absolute Gasteiger partial charge is 0.223 e. The molecule has 0 aromatic heterocycles. The molecule has 0 saturated carbocycles. The van der Waals surface area contributed by atoms with E-state index in [1.807, 2.05) is 62.4 Å². The van der Waals surface area contributed by atoms with Gasteiger partial charge in [0.05, 0.1) is 19.1 Å². The van der Waals surface area contributed by atoms with Crippen molar-refractivity contribution in [1.82, 2.24) is 5.32 Å². The largest absolute Gasteiger partial charge is 0.493 e. The van der Waals surface area contributed by atoms with Gasteiger partial charge in [-0.05, 0) is 44.2 Å².